The molecule has 1 aliphatic carbocycles. The van der Waals surface area contributed by atoms with Gasteiger partial charge in [-0.2, -0.15) is 0 Å². The van der Waals surface area contributed by atoms with Gasteiger partial charge in [-0.15, -0.1) is 0 Å². The molecule has 0 atom stereocenters. The number of anilines is 1. The molecule has 1 saturated carbocycles. The average molecular weight is 246 g/mol. The van der Waals surface area contributed by atoms with Crippen LogP contribution in [0.1, 0.15) is 38.2 Å². The first-order valence-electron chi connectivity index (χ1n) is 6.67. The van der Waals surface area contributed by atoms with Gasteiger partial charge in [-0.3, -0.25) is 4.79 Å². The molecule has 0 radical (unpaired) electrons. The van der Waals surface area contributed by atoms with Gasteiger partial charge in [0.2, 0.25) is 5.91 Å². The van der Waals surface area contributed by atoms with Crippen LogP contribution in [0.4, 0.5) is 5.69 Å². The minimum atomic E-state index is -0.554. The number of carbonyl (C=O) groups is 1. The predicted octanol–water partition coefficient (Wildman–Crippen LogP) is 2.84. The molecular weight excluding hydrogens is 224 g/mol. The first-order valence-corrected chi connectivity index (χ1v) is 6.67. The fourth-order valence-electron chi connectivity index (χ4n) is 2.60. The second-order valence-corrected chi connectivity index (χ2v) is 5.62. The first-order chi connectivity index (χ1) is 8.52. The number of hydrogen-bond acceptors (Lipinski definition) is 2. The highest BCUT2D eigenvalue weighted by atomic mass is 16.1. The molecule has 0 saturated heterocycles. The summed E-state index contributed by atoms with van der Waals surface area (Å²) in [5.74, 6) is 0.465. The van der Waals surface area contributed by atoms with Crippen LogP contribution in [0.2, 0.25) is 0 Å². The van der Waals surface area contributed by atoms with Crippen LogP contribution >= 0.6 is 0 Å². The van der Waals surface area contributed by atoms with Gasteiger partial charge >= 0.3 is 0 Å². The molecule has 1 fully saturated rings. The van der Waals surface area contributed by atoms with Crippen molar-refractivity contribution in [3.8, 4) is 0 Å². The average Bonchev–Trinajstić information content (AvgIpc) is 2.35. The summed E-state index contributed by atoms with van der Waals surface area (Å²) < 4.78 is 0. The number of hydrogen-bond donors (Lipinski definition) is 2. The predicted molar refractivity (Wildman–Crippen MR) is 74.4 cm³/mol. The fourth-order valence-corrected chi connectivity index (χ4v) is 2.60. The SMILES string of the molecule is Cc1ccc(NC2(C(N)=O)CCC(C)CC2)cc1. The van der Waals surface area contributed by atoms with Gasteiger partial charge in [0.05, 0.1) is 0 Å². The van der Waals surface area contributed by atoms with Crippen LogP contribution < -0.4 is 11.1 Å². The third-order valence-electron chi connectivity index (χ3n) is 4.03. The summed E-state index contributed by atoms with van der Waals surface area (Å²) in [5.41, 5.74) is 7.26. The maximum absolute atomic E-state index is 11.8. The van der Waals surface area contributed by atoms with Gasteiger partial charge in [0.25, 0.3) is 0 Å². The van der Waals surface area contributed by atoms with Gasteiger partial charge in [-0.05, 0) is 50.7 Å². The molecule has 1 amide bonds. The van der Waals surface area contributed by atoms with Gasteiger partial charge in [0.1, 0.15) is 5.54 Å². The minimum absolute atomic E-state index is 0.227. The quantitative estimate of drug-likeness (QED) is 0.861. The number of benzene rings is 1. The van der Waals surface area contributed by atoms with E-state index in [4.69, 9.17) is 5.73 Å². The van der Waals surface area contributed by atoms with Gasteiger partial charge in [-0.25, -0.2) is 0 Å². The number of primary amides is 1. The summed E-state index contributed by atoms with van der Waals surface area (Å²) in [6, 6.07) is 8.11. The molecule has 3 nitrogen and oxygen atoms in total. The maximum Gasteiger partial charge on any atom is 0.243 e. The second-order valence-electron chi connectivity index (χ2n) is 5.62. The number of nitrogens with one attached hydrogen (secondary N) is 1. The Bertz CT molecular complexity index is 417. The first kappa shape index (κ1) is 12.9. The molecule has 3 N–H and O–H groups in total. The maximum atomic E-state index is 11.8. The number of nitrogens with two attached hydrogens (primary N) is 1. The van der Waals surface area contributed by atoms with Crippen molar-refractivity contribution in [1.29, 1.82) is 0 Å². The fraction of sp³-hybridized carbons (Fsp3) is 0.533. The third kappa shape index (κ3) is 2.66. The zero-order valence-corrected chi connectivity index (χ0v) is 11.2. The van der Waals surface area contributed by atoms with E-state index in [9.17, 15) is 4.79 Å². The van der Waals surface area contributed by atoms with Crippen molar-refractivity contribution in [2.45, 2.75) is 45.1 Å². The molecule has 0 bridgehead atoms. The van der Waals surface area contributed by atoms with Gasteiger partial charge in [0.15, 0.2) is 0 Å². The van der Waals surface area contributed by atoms with E-state index in [1.807, 2.05) is 24.3 Å². The van der Waals surface area contributed by atoms with Gasteiger partial charge in [0, 0.05) is 5.69 Å². The lowest BCUT2D eigenvalue weighted by atomic mass is 9.76. The van der Waals surface area contributed by atoms with E-state index >= 15 is 0 Å². The van der Waals surface area contributed by atoms with Crippen molar-refractivity contribution in [1.82, 2.24) is 0 Å². The molecule has 1 aromatic carbocycles. The van der Waals surface area contributed by atoms with E-state index in [2.05, 4.69) is 19.2 Å². The lowest BCUT2D eigenvalue weighted by molar-refractivity contribution is -0.123. The summed E-state index contributed by atoms with van der Waals surface area (Å²) in [6.07, 6.45) is 3.78. The van der Waals surface area contributed by atoms with Crippen LogP contribution in [-0.4, -0.2) is 11.4 Å². The van der Waals surface area contributed by atoms with Crippen molar-refractivity contribution in [2.24, 2.45) is 11.7 Å². The molecular formula is C15H22N2O. The molecule has 0 unspecified atom stereocenters. The Balaban J connectivity index is 2.16. The van der Waals surface area contributed by atoms with Crippen molar-refractivity contribution < 1.29 is 4.79 Å². The van der Waals surface area contributed by atoms with Gasteiger partial charge in [-0.1, -0.05) is 24.6 Å². The highest BCUT2D eigenvalue weighted by Gasteiger charge is 2.39. The van der Waals surface area contributed by atoms with Crippen molar-refractivity contribution in [3.05, 3.63) is 29.8 Å². The molecule has 3 heteroatoms. The third-order valence-corrected chi connectivity index (χ3v) is 4.03. The highest BCUT2D eigenvalue weighted by Crippen LogP contribution is 2.34. The Morgan fingerprint density at radius 1 is 1.28 bits per heavy atom. The van der Waals surface area contributed by atoms with Gasteiger partial charge < -0.3 is 11.1 Å². The molecule has 18 heavy (non-hydrogen) atoms. The zero-order chi connectivity index (χ0) is 13.2. The lowest BCUT2D eigenvalue weighted by Gasteiger charge is -2.38. The summed E-state index contributed by atoms with van der Waals surface area (Å²) in [5, 5.41) is 3.37. The molecule has 0 aliphatic heterocycles. The van der Waals surface area contributed by atoms with E-state index in [0.29, 0.717) is 5.92 Å². The molecule has 2 rings (SSSR count). The number of aryl methyl sites for hydroxylation is 1. The Kier molecular flexibility index (Phi) is 3.60. The monoisotopic (exact) mass is 246 g/mol. The molecule has 1 aromatic rings. The van der Waals surface area contributed by atoms with Crippen molar-refractivity contribution >= 4 is 11.6 Å². The van der Waals surface area contributed by atoms with E-state index in [1.165, 1.54) is 5.56 Å². The molecule has 0 heterocycles. The molecule has 1 aliphatic rings. The number of carbonyl (C=O) groups excluding carboxylic acids is 1. The Hall–Kier alpha value is -1.51. The smallest absolute Gasteiger partial charge is 0.243 e. The van der Waals surface area contributed by atoms with E-state index in [1.54, 1.807) is 0 Å². The van der Waals surface area contributed by atoms with Crippen LogP contribution in [-0.2, 0) is 4.79 Å². The molecule has 98 valence electrons. The minimum Gasteiger partial charge on any atom is -0.371 e. The van der Waals surface area contributed by atoms with Crippen LogP contribution in [0.3, 0.4) is 0 Å². The molecule has 0 aromatic heterocycles. The van der Waals surface area contributed by atoms with Crippen LogP contribution in [0.5, 0.6) is 0 Å². The lowest BCUT2D eigenvalue weighted by Crippen LogP contribution is -2.52. The van der Waals surface area contributed by atoms with E-state index in [-0.39, 0.29) is 5.91 Å². The molecule has 0 spiro atoms. The summed E-state index contributed by atoms with van der Waals surface area (Å²) in [6.45, 7) is 4.28. The summed E-state index contributed by atoms with van der Waals surface area (Å²) in [4.78, 5) is 11.8. The highest BCUT2D eigenvalue weighted by molar-refractivity contribution is 5.88. The second kappa shape index (κ2) is 5.01. The number of amides is 1. The zero-order valence-electron chi connectivity index (χ0n) is 11.2. The van der Waals surface area contributed by atoms with E-state index < -0.39 is 5.54 Å². The van der Waals surface area contributed by atoms with Crippen molar-refractivity contribution in [3.63, 3.8) is 0 Å². The normalized spacial score (nSPS) is 27.8. The largest absolute Gasteiger partial charge is 0.371 e. The topological polar surface area (TPSA) is 55.1 Å². The number of rotatable bonds is 3. The Morgan fingerprint density at radius 2 is 1.83 bits per heavy atom. The Morgan fingerprint density at radius 3 is 2.33 bits per heavy atom. The van der Waals surface area contributed by atoms with Crippen molar-refractivity contribution in [2.75, 3.05) is 5.32 Å². The van der Waals surface area contributed by atoms with E-state index in [0.717, 1.165) is 31.4 Å². The van der Waals surface area contributed by atoms with Crippen LogP contribution in [0.15, 0.2) is 24.3 Å². The standard InChI is InChI=1S/C15H22N2O/c1-11-3-5-13(6-4-11)17-15(14(16)18)9-7-12(2)8-10-15/h3-6,12,17H,7-10H2,1-2H3,(H2,16,18). The van der Waals surface area contributed by atoms with Crippen LogP contribution in [0.25, 0.3) is 0 Å². The summed E-state index contributed by atoms with van der Waals surface area (Å²) >= 11 is 0. The van der Waals surface area contributed by atoms with Crippen LogP contribution in [0, 0.1) is 12.8 Å². The Labute approximate surface area is 109 Å². The summed E-state index contributed by atoms with van der Waals surface area (Å²) in [7, 11) is 0.